The van der Waals surface area contributed by atoms with Crippen LogP contribution in [0, 0.1) is 0 Å². The maximum absolute atomic E-state index is 6.13. The first-order valence-electron chi connectivity index (χ1n) is 8.90. The molecule has 2 aliphatic heterocycles. The molecule has 5 heteroatoms. The SMILES string of the molecule is COc1ccccc1CN1CC[C@@H](Oc2ccccn2)[C@H]2OCC[C@@H]21. The first-order valence-corrected chi connectivity index (χ1v) is 8.90. The highest BCUT2D eigenvalue weighted by molar-refractivity contribution is 5.33. The van der Waals surface area contributed by atoms with Gasteiger partial charge in [0.05, 0.1) is 7.11 Å². The van der Waals surface area contributed by atoms with E-state index in [1.807, 2.05) is 30.3 Å². The van der Waals surface area contributed by atoms with Crippen molar-refractivity contribution in [2.75, 3.05) is 20.3 Å². The summed E-state index contributed by atoms with van der Waals surface area (Å²) in [6.45, 7) is 2.66. The normalized spacial score (nSPS) is 26.2. The maximum Gasteiger partial charge on any atom is 0.213 e. The van der Waals surface area contributed by atoms with Crippen LogP contribution in [-0.4, -0.2) is 48.4 Å². The quantitative estimate of drug-likeness (QED) is 0.837. The van der Waals surface area contributed by atoms with E-state index in [9.17, 15) is 0 Å². The van der Waals surface area contributed by atoms with E-state index >= 15 is 0 Å². The molecule has 3 heterocycles. The zero-order chi connectivity index (χ0) is 17.1. The first kappa shape index (κ1) is 16.4. The van der Waals surface area contributed by atoms with E-state index in [-0.39, 0.29) is 12.2 Å². The fraction of sp³-hybridized carbons (Fsp3) is 0.450. The lowest BCUT2D eigenvalue weighted by Gasteiger charge is -2.41. The highest BCUT2D eigenvalue weighted by atomic mass is 16.5. The van der Waals surface area contributed by atoms with E-state index in [0.717, 1.165) is 38.3 Å². The fourth-order valence-corrected chi connectivity index (χ4v) is 3.92. The molecule has 4 rings (SSSR count). The van der Waals surface area contributed by atoms with Crippen molar-refractivity contribution in [3.05, 3.63) is 54.2 Å². The van der Waals surface area contributed by atoms with E-state index in [4.69, 9.17) is 14.2 Å². The maximum atomic E-state index is 6.13. The van der Waals surface area contributed by atoms with Gasteiger partial charge >= 0.3 is 0 Å². The minimum Gasteiger partial charge on any atom is -0.496 e. The molecular weight excluding hydrogens is 316 g/mol. The standard InChI is InChI=1S/C20H24N2O3/c1-23-17-7-3-2-6-15(17)14-22-12-9-18(20-16(22)10-13-24-20)25-19-8-4-5-11-21-19/h2-8,11,16,18,20H,9-10,12-14H2,1H3/t16-,18+,20-/m0/s1. The van der Waals surface area contributed by atoms with Crippen LogP contribution in [0.1, 0.15) is 18.4 Å². The number of hydrogen-bond acceptors (Lipinski definition) is 5. The van der Waals surface area contributed by atoms with Crippen molar-refractivity contribution in [3.8, 4) is 11.6 Å². The molecule has 2 aliphatic rings. The molecule has 0 bridgehead atoms. The molecule has 1 aromatic heterocycles. The van der Waals surface area contributed by atoms with Crippen LogP contribution in [0.4, 0.5) is 0 Å². The molecule has 2 fully saturated rings. The summed E-state index contributed by atoms with van der Waals surface area (Å²) in [5, 5.41) is 0. The summed E-state index contributed by atoms with van der Waals surface area (Å²) in [7, 11) is 1.73. The fourth-order valence-electron chi connectivity index (χ4n) is 3.92. The molecule has 25 heavy (non-hydrogen) atoms. The summed E-state index contributed by atoms with van der Waals surface area (Å²) in [5.41, 5.74) is 1.22. The van der Waals surface area contributed by atoms with Crippen LogP contribution in [0.2, 0.25) is 0 Å². The summed E-state index contributed by atoms with van der Waals surface area (Å²) in [6, 6.07) is 14.4. The number of para-hydroxylation sites is 1. The molecule has 0 spiro atoms. The van der Waals surface area contributed by atoms with Crippen molar-refractivity contribution in [1.29, 1.82) is 0 Å². The summed E-state index contributed by atoms with van der Waals surface area (Å²) in [4.78, 5) is 6.80. The van der Waals surface area contributed by atoms with Gasteiger partial charge < -0.3 is 14.2 Å². The molecule has 1 aromatic carbocycles. The Balaban J connectivity index is 1.47. The number of rotatable bonds is 5. The molecule has 0 N–H and O–H groups in total. The van der Waals surface area contributed by atoms with Gasteiger partial charge in [0.2, 0.25) is 5.88 Å². The summed E-state index contributed by atoms with van der Waals surface area (Å²) >= 11 is 0. The summed E-state index contributed by atoms with van der Waals surface area (Å²) in [5.74, 6) is 1.63. The highest BCUT2D eigenvalue weighted by Gasteiger charge is 2.43. The van der Waals surface area contributed by atoms with E-state index in [0.29, 0.717) is 11.9 Å². The Morgan fingerprint density at radius 1 is 1.16 bits per heavy atom. The topological polar surface area (TPSA) is 43.8 Å². The molecule has 2 saturated heterocycles. The highest BCUT2D eigenvalue weighted by Crippen LogP contribution is 2.33. The van der Waals surface area contributed by atoms with Crippen LogP contribution in [0.15, 0.2) is 48.7 Å². The average Bonchev–Trinajstić information content (AvgIpc) is 3.15. The number of methoxy groups -OCH3 is 1. The first-order chi connectivity index (χ1) is 12.3. The molecular formula is C20H24N2O3. The Kier molecular flexibility index (Phi) is 4.85. The molecule has 5 nitrogen and oxygen atoms in total. The lowest BCUT2D eigenvalue weighted by atomic mass is 9.95. The van der Waals surface area contributed by atoms with Gasteiger partial charge in [-0.1, -0.05) is 24.3 Å². The number of aromatic nitrogens is 1. The second-order valence-electron chi connectivity index (χ2n) is 6.59. The molecule has 0 radical (unpaired) electrons. The van der Waals surface area contributed by atoms with Gasteiger partial charge in [0.15, 0.2) is 0 Å². The van der Waals surface area contributed by atoms with Gasteiger partial charge in [-0.3, -0.25) is 4.90 Å². The van der Waals surface area contributed by atoms with Crippen molar-refractivity contribution >= 4 is 0 Å². The molecule has 0 saturated carbocycles. The monoisotopic (exact) mass is 340 g/mol. The second-order valence-corrected chi connectivity index (χ2v) is 6.59. The zero-order valence-electron chi connectivity index (χ0n) is 14.5. The molecule has 3 atom stereocenters. The average molecular weight is 340 g/mol. The Bertz CT molecular complexity index is 694. The van der Waals surface area contributed by atoms with Crippen LogP contribution < -0.4 is 9.47 Å². The Hall–Kier alpha value is -2.11. The zero-order valence-corrected chi connectivity index (χ0v) is 14.5. The van der Waals surface area contributed by atoms with Crippen LogP contribution in [0.5, 0.6) is 11.6 Å². The van der Waals surface area contributed by atoms with Gasteiger partial charge in [0.1, 0.15) is 18.0 Å². The predicted molar refractivity (Wildman–Crippen MR) is 94.8 cm³/mol. The van der Waals surface area contributed by atoms with Crippen molar-refractivity contribution in [2.45, 2.75) is 37.6 Å². The third kappa shape index (κ3) is 3.48. The third-order valence-electron chi connectivity index (χ3n) is 5.12. The van der Waals surface area contributed by atoms with Crippen LogP contribution in [-0.2, 0) is 11.3 Å². The van der Waals surface area contributed by atoms with Crippen molar-refractivity contribution in [2.24, 2.45) is 0 Å². The van der Waals surface area contributed by atoms with Gasteiger partial charge in [-0.05, 0) is 25.0 Å². The lowest BCUT2D eigenvalue weighted by molar-refractivity contribution is -0.0573. The Labute approximate surface area is 148 Å². The van der Waals surface area contributed by atoms with Gasteiger partial charge in [-0.2, -0.15) is 0 Å². The number of fused-ring (bicyclic) bond motifs is 1. The number of pyridine rings is 1. The number of benzene rings is 1. The van der Waals surface area contributed by atoms with E-state index in [2.05, 4.69) is 22.0 Å². The van der Waals surface area contributed by atoms with E-state index in [1.165, 1.54) is 5.56 Å². The molecule has 0 amide bonds. The molecule has 2 aromatic rings. The smallest absolute Gasteiger partial charge is 0.213 e. The van der Waals surface area contributed by atoms with Gasteiger partial charge in [-0.15, -0.1) is 0 Å². The third-order valence-corrected chi connectivity index (χ3v) is 5.12. The molecule has 132 valence electrons. The minimum absolute atomic E-state index is 0.0660. The number of ether oxygens (including phenoxy) is 3. The van der Waals surface area contributed by atoms with Crippen LogP contribution in [0.25, 0.3) is 0 Å². The summed E-state index contributed by atoms with van der Waals surface area (Å²) in [6.07, 6.45) is 3.91. The summed E-state index contributed by atoms with van der Waals surface area (Å²) < 4.78 is 17.7. The van der Waals surface area contributed by atoms with Crippen LogP contribution >= 0.6 is 0 Å². The Morgan fingerprint density at radius 2 is 2.04 bits per heavy atom. The van der Waals surface area contributed by atoms with Crippen molar-refractivity contribution in [3.63, 3.8) is 0 Å². The van der Waals surface area contributed by atoms with Crippen LogP contribution in [0.3, 0.4) is 0 Å². The van der Waals surface area contributed by atoms with Gasteiger partial charge in [0, 0.05) is 43.6 Å². The number of hydrogen-bond donors (Lipinski definition) is 0. The Morgan fingerprint density at radius 3 is 2.88 bits per heavy atom. The van der Waals surface area contributed by atoms with Crippen molar-refractivity contribution < 1.29 is 14.2 Å². The largest absolute Gasteiger partial charge is 0.496 e. The lowest BCUT2D eigenvalue weighted by Crippen LogP contribution is -2.53. The number of piperidine rings is 1. The molecule has 0 unspecified atom stereocenters. The second kappa shape index (κ2) is 7.42. The van der Waals surface area contributed by atoms with Crippen molar-refractivity contribution in [1.82, 2.24) is 9.88 Å². The van der Waals surface area contributed by atoms with E-state index in [1.54, 1.807) is 13.3 Å². The number of likely N-dealkylation sites (tertiary alicyclic amines) is 1. The number of nitrogens with zero attached hydrogens (tertiary/aromatic N) is 2. The van der Waals surface area contributed by atoms with Gasteiger partial charge in [0.25, 0.3) is 0 Å². The van der Waals surface area contributed by atoms with E-state index < -0.39 is 0 Å². The molecule has 0 aliphatic carbocycles. The van der Waals surface area contributed by atoms with Gasteiger partial charge in [-0.25, -0.2) is 4.98 Å². The minimum atomic E-state index is 0.0660. The predicted octanol–water partition coefficient (Wildman–Crippen LogP) is 2.90.